The SMILES string of the molecule is Cc1cc(C(=O)NC2(CN)CCCC(C)C2)ccc1O. The number of benzene rings is 1. The van der Waals surface area contributed by atoms with Gasteiger partial charge in [-0.3, -0.25) is 4.79 Å². The van der Waals surface area contributed by atoms with E-state index in [4.69, 9.17) is 5.73 Å². The molecule has 0 bridgehead atoms. The minimum absolute atomic E-state index is 0.104. The van der Waals surface area contributed by atoms with E-state index in [1.165, 1.54) is 6.42 Å². The van der Waals surface area contributed by atoms with Gasteiger partial charge in [0.1, 0.15) is 5.75 Å². The summed E-state index contributed by atoms with van der Waals surface area (Å²) in [6.45, 7) is 4.47. The van der Waals surface area contributed by atoms with Crippen LogP contribution in [-0.2, 0) is 0 Å². The molecule has 1 aliphatic carbocycles. The Morgan fingerprint density at radius 2 is 2.30 bits per heavy atom. The molecule has 2 unspecified atom stereocenters. The Hall–Kier alpha value is -1.55. The zero-order valence-corrected chi connectivity index (χ0v) is 12.3. The number of nitrogens with two attached hydrogens (primary N) is 1. The summed E-state index contributed by atoms with van der Waals surface area (Å²) in [6, 6.07) is 4.91. The Balaban J connectivity index is 2.14. The van der Waals surface area contributed by atoms with Gasteiger partial charge in [-0.2, -0.15) is 0 Å². The molecule has 1 aromatic rings. The van der Waals surface area contributed by atoms with E-state index in [-0.39, 0.29) is 17.2 Å². The highest BCUT2D eigenvalue weighted by atomic mass is 16.3. The molecule has 1 saturated carbocycles. The van der Waals surface area contributed by atoms with Crippen molar-refractivity contribution in [2.24, 2.45) is 11.7 Å². The zero-order valence-electron chi connectivity index (χ0n) is 12.3. The molecule has 1 aromatic carbocycles. The first-order valence-electron chi connectivity index (χ1n) is 7.28. The van der Waals surface area contributed by atoms with Gasteiger partial charge in [0.25, 0.3) is 5.91 Å². The molecule has 0 aromatic heterocycles. The van der Waals surface area contributed by atoms with Gasteiger partial charge >= 0.3 is 0 Å². The Kier molecular flexibility index (Phi) is 4.33. The third kappa shape index (κ3) is 3.12. The van der Waals surface area contributed by atoms with Gasteiger partial charge in [0.15, 0.2) is 0 Å². The fourth-order valence-electron chi connectivity index (χ4n) is 3.12. The van der Waals surface area contributed by atoms with Gasteiger partial charge in [0.05, 0.1) is 5.54 Å². The first-order valence-corrected chi connectivity index (χ1v) is 7.28. The molecule has 4 nitrogen and oxygen atoms in total. The predicted octanol–water partition coefficient (Wildman–Crippen LogP) is 2.34. The number of carbonyl (C=O) groups excluding carboxylic acids is 1. The van der Waals surface area contributed by atoms with E-state index in [0.29, 0.717) is 23.6 Å². The van der Waals surface area contributed by atoms with Crippen LogP contribution in [0, 0.1) is 12.8 Å². The van der Waals surface area contributed by atoms with E-state index in [0.717, 1.165) is 19.3 Å². The summed E-state index contributed by atoms with van der Waals surface area (Å²) >= 11 is 0. The normalized spacial score (nSPS) is 26.2. The molecular weight excluding hydrogens is 252 g/mol. The molecule has 1 aliphatic rings. The molecular formula is C16H24N2O2. The Morgan fingerprint density at radius 1 is 1.55 bits per heavy atom. The summed E-state index contributed by atoms with van der Waals surface area (Å²) in [7, 11) is 0. The molecule has 0 radical (unpaired) electrons. The number of aromatic hydroxyl groups is 1. The van der Waals surface area contributed by atoms with Crippen molar-refractivity contribution >= 4 is 5.91 Å². The maximum atomic E-state index is 12.4. The molecule has 1 amide bonds. The number of hydrogen-bond acceptors (Lipinski definition) is 3. The lowest BCUT2D eigenvalue weighted by Crippen LogP contribution is -2.56. The highest BCUT2D eigenvalue weighted by molar-refractivity contribution is 5.95. The predicted molar refractivity (Wildman–Crippen MR) is 79.7 cm³/mol. The summed E-state index contributed by atoms with van der Waals surface area (Å²) in [5, 5.41) is 12.7. The number of hydrogen-bond donors (Lipinski definition) is 3. The van der Waals surface area contributed by atoms with Crippen molar-refractivity contribution in [3.05, 3.63) is 29.3 Å². The van der Waals surface area contributed by atoms with Gasteiger partial charge in [-0.05, 0) is 49.4 Å². The monoisotopic (exact) mass is 276 g/mol. The van der Waals surface area contributed by atoms with Crippen molar-refractivity contribution in [2.75, 3.05) is 6.54 Å². The van der Waals surface area contributed by atoms with E-state index in [9.17, 15) is 9.90 Å². The number of carbonyl (C=O) groups is 1. The summed E-state index contributed by atoms with van der Waals surface area (Å²) < 4.78 is 0. The molecule has 2 rings (SSSR count). The van der Waals surface area contributed by atoms with E-state index in [1.807, 2.05) is 0 Å². The minimum Gasteiger partial charge on any atom is -0.508 e. The second-order valence-corrected chi connectivity index (χ2v) is 6.14. The number of phenols is 1. The summed E-state index contributed by atoms with van der Waals surface area (Å²) in [5.41, 5.74) is 6.93. The molecule has 4 N–H and O–H groups in total. The van der Waals surface area contributed by atoms with Crippen LogP contribution >= 0.6 is 0 Å². The number of nitrogens with one attached hydrogen (secondary N) is 1. The first-order chi connectivity index (χ1) is 9.46. The third-order valence-electron chi connectivity index (χ3n) is 4.32. The van der Waals surface area contributed by atoms with Gasteiger partial charge in [-0.15, -0.1) is 0 Å². The Morgan fingerprint density at radius 3 is 2.90 bits per heavy atom. The second kappa shape index (κ2) is 5.83. The number of phenolic OH excluding ortho intramolecular Hbond substituents is 1. The third-order valence-corrected chi connectivity index (χ3v) is 4.32. The molecule has 110 valence electrons. The largest absolute Gasteiger partial charge is 0.508 e. The van der Waals surface area contributed by atoms with Crippen molar-refractivity contribution < 1.29 is 9.90 Å². The van der Waals surface area contributed by atoms with Crippen LogP contribution in [0.2, 0.25) is 0 Å². The molecule has 0 saturated heterocycles. The maximum Gasteiger partial charge on any atom is 0.251 e. The lowest BCUT2D eigenvalue weighted by atomic mass is 9.76. The van der Waals surface area contributed by atoms with Crippen molar-refractivity contribution in [1.29, 1.82) is 0 Å². The minimum atomic E-state index is -0.277. The van der Waals surface area contributed by atoms with E-state index < -0.39 is 0 Å². The van der Waals surface area contributed by atoms with E-state index in [2.05, 4.69) is 12.2 Å². The van der Waals surface area contributed by atoms with Gasteiger partial charge in [0, 0.05) is 12.1 Å². The summed E-state index contributed by atoms with van der Waals surface area (Å²) in [6.07, 6.45) is 4.19. The van der Waals surface area contributed by atoms with Gasteiger partial charge in [-0.1, -0.05) is 19.8 Å². The van der Waals surface area contributed by atoms with Crippen molar-refractivity contribution in [2.45, 2.75) is 45.1 Å². The van der Waals surface area contributed by atoms with Gasteiger partial charge < -0.3 is 16.2 Å². The number of amides is 1. The topological polar surface area (TPSA) is 75.4 Å². The van der Waals surface area contributed by atoms with Gasteiger partial charge in [0.2, 0.25) is 0 Å². The van der Waals surface area contributed by atoms with Crippen LogP contribution in [0.5, 0.6) is 5.75 Å². The van der Waals surface area contributed by atoms with Crippen LogP contribution in [0.1, 0.15) is 48.5 Å². The lowest BCUT2D eigenvalue weighted by molar-refractivity contribution is 0.0854. The fraction of sp³-hybridized carbons (Fsp3) is 0.562. The van der Waals surface area contributed by atoms with E-state index in [1.54, 1.807) is 25.1 Å². The van der Waals surface area contributed by atoms with Crippen LogP contribution in [-0.4, -0.2) is 23.1 Å². The van der Waals surface area contributed by atoms with Crippen LogP contribution in [0.3, 0.4) is 0 Å². The molecule has 1 fully saturated rings. The summed E-state index contributed by atoms with van der Waals surface area (Å²) in [4.78, 5) is 12.4. The smallest absolute Gasteiger partial charge is 0.251 e. The lowest BCUT2D eigenvalue weighted by Gasteiger charge is -2.40. The quantitative estimate of drug-likeness (QED) is 0.793. The maximum absolute atomic E-state index is 12.4. The zero-order chi connectivity index (χ0) is 14.8. The van der Waals surface area contributed by atoms with Crippen LogP contribution < -0.4 is 11.1 Å². The highest BCUT2D eigenvalue weighted by Gasteiger charge is 2.35. The fourth-order valence-corrected chi connectivity index (χ4v) is 3.12. The average molecular weight is 276 g/mol. The molecule has 0 spiro atoms. The standard InChI is InChI=1S/C16H24N2O2/c1-11-4-3-7-16(9-11,10-17)18-15(20)13-5-6-14(19)12(2)8-13/h5-6,8,11,19H,3-4,7,9-10,17H2,1-2H3,(H,18,20). The van der Waals surface area contributed by atoms with Gasteiger partial charge in [-0.25, -0.2) is 0 Å². The molecule has 4 heteroatoms. The van der Waals surface area contributed by atoms with Crippen LogP contribution in [0.15, 0.2) is 18.2 Å². The number of rotatable bonds is 3. The highest BCUT2D eigenvalue weighted by Crippen LogP contribution is 2.32. The number of aryl methyl sites for hydroxylation is 1. The van der Waals surface area contributed by atoms with Crippen molar-refractivity contribution in [3.63, 3.8) is 0 Å². The van der Waals surface area contributed by atoms with E-state index >= 15 is 0 Å². The van der Waals surface area contributed by atoms with Crippen LogP contribution in [0.4, 0.5) is 0 Å². The molecule has 0 heterocycles. The Labute approximate surface area is 120 Å². The Bertz CT molecular complexity index is 501. The molecule has 0 aliphatic heterocycles. The first kappa shape index (κ1) is 14.9. The summed E-state index contributed by atoms with van der Waals surface area (Å²) in [5.74, 6) is 0.697. The van der Waals surface area contributed by atoms with Crippen LogP contribution in [0.25, 0.3) is 0 Å². The molecule has 2 atom stereocenters. The van der Waals surface area contributed by atoms with Crippen molar-refractivity contribution in [1.82, 2.24) is 5.32 Å². The second-order valence-electron chi connectivity index (χ2n) is 6.14. The van der Waals surface area contributed by atoms with Crippen molar-refractivity contribution in [3.8, 4) is 5.75 Å². The molecule has 20 heavy (non-hydrogen) atoms. The average Bonchev–Trinajstić information content (AvgIpc) is 2.41.